The quantitative estimate of drug-likeness (QED) is 0.839. The Morgan fingerprint density at radius 3 is 2.78 bits per heavy atom. The van der Waals surface area contributed by atoms with E-state index in [1.165, 1.54) is 0 Å². The molecule has 1 atom stereocenters. The zero-order valence-electron chi connectivity index (χ0n) is 11.0. The maximum absolute atomic E-state index is 4.41. The van der Waals surface area contributed by atoms with E-state index in [-0.39, 0.29) is 0 Å². The first-order valence-electron chi connectivity index (χ1n) is 6.33. The van der Waals surface area contributed by atoms with Gasteiger partial charge in [-0.15, -0.1) is 0 Å². The van der Waals surface area contributed by atoms with Crippen molar-refractivity contribution in [1.82, 2.24) is 20.1 Å². The molecule has 0 amide bonds. The lowest BCUT2D eigenvalue weighted by molar-refractivity contribution is 0.509. The molecule has 0 aromatic carbocycles. The fraction of sp³-hybridized carbons (Fsp3) is 0.429. The minimum Gasteiger partial charge on any atom is -0.317 e. The highest BCUT2D eigenvalue weighted by Crippen LogP contribution is 2.07. The SMILES string of the molecule is CNC(CCc1ccccn1)Cc1ccn(C)n1. The fourth-order valence-electron chi connectivity index (χ4n) is 2.04. The van der Waals surface area contributed by atoms with Crippen LogP contribution >= 0.6 is 0 Å². The number of nitrogens with zero attached hydrogens (tertiary/aromatic N) is 3. The van der Waals surface area contributed by atoms with Gasteiger partial charge < -0.3 is 5.32 Å². The Labute approximate surface area is 108 Å². The highest BCUT2D eigenvalue weighted by molar-refractivity contribution is 5.05. The molecule has 0 saturated heterocycles. The van der Waals surface area contributed by atoms with E-state index in [2.05, 4.69) is 27.5 Å². The van der Waals surface area contributed by atoms with Crippen molar-refractivity contribution in [2.75, 3.05) is 7.05 Å². The van der Waals surface area contributed by atoms with Crippen molar-refractivity contribution in [3.63, 3.8) is 0 Å². The molecule has 96 valence electrons. The van der Waals surface area contributed by atoms with Crippen molar-refractivity contribution in [3.05, 3.63) is 48.0 Å². The molecule has 2 heterocycles. The summed E-state index contributed by atoms with van der Waals surface area (Å²) in [5.41, 5.74) is 2.29. The van der Waals surface area contributed by atoms with Gasteiger partial charge in [0.2, 0.25) is 0 Å². The fourth-order valence-corrected chi connectivity index (χ4v) is 2.04. The predicted octanol–water partition coefficient (Wildman–Crippen LogP) is 1.58. The largest absolute Gasteiger partial charge is 0.317 e. The zero-order valence-corrected chi connectivity index (χ0v) is 11.0. The van der Waals surface area contributed by atoms with Gasteiger partial charge in [0, 0.05) is 37.6 Å². The number of hydrogen-bond donors (Lipinski definition) is 1. The molecule has 0 saturated carbocycles. The molecule has 0 spiro atoms. The maximum atomic E-state index is 4.41. The molecule has 0 fully saturated rings. The average Bonchev–Trinajstić information content (AvgIpc) is 2.81. The van der Waals surface area contributed by atoms with Crippen molar-refractivity contribution in [2.45, 2.75) is 25.3 Å². The van der Waals surface area contributed by atoms with E-state index < -0.39 is 0 Å². The third-order valence-electron chi connectivity index (χ3n) is 3.11. The van der Waals surface area contributed by atoms with Crippen molar-refractivity contribution in [1.29, 1.82) is 0 Å². The third kappa shape index (κ3) is 3.67. The number of rotatable bonds is 6. The molecule has 0 aliphatic carbocycles. The second kappa shape index (κ2) is 6.31. The third-order valence-corrected chi connectivity index (χ3v) is 3.11. The first-order valence-corrected chi connectivity index (χ1v) is 6.33. The molecule has 0 aliphatic heterocycles. The van der Waals surface area contributed by atoms with Gasteiger partial charge in [0.05, 0.1) is 5.69 Å². The number of nitrogens with one attached hydrogen (secondary N) is 1. The number of aryl methyl sites for hydroxylation is 2. The molecule has 2 rings (SSSR count). The van der Waals surface area contributed by atoms with E-state index >= 15 is 0 Å². The molecule has 1 unspecified atom stereocenters. The smallest absolute Gasteiger partial charge is 0.0639 e. The van der Waals surface area contributed by atoms with E-state index in [0.717, 1.165) is 30.7 Å². The highest BCUT2D eigenvalue weighted by atomic mass is 15.2. The van der Waals surface area contributed by atoms with Crippen molar-refractivity contribution >= 4 is 0 Å². The van der Waals surface area contributed by atoms with Gasteiger partial charge >= 0.3 is 0 Å². The molecule has 2 aromatic heterocycles. The minimum atomic E-state index is 0.446. The summed E-state index contributed by atoms with van der Waals surface area (Å²) in [6.07, 6.45) is 6.87. The molecule has 4 heteroatoms. The van der Waals surface area contributed by atoms with Crippen LogP contribution in [0.25, 0.3) is 0 Å². The lowest BCUT2D eigenvalue weighted by Crippen LogP contribution is -2.28. The van der Waals surface area contributed by atoms with Gasteiger partial charge in [-0.2, -0.15) is 5.10 Å². The first kappa shape index (κ1) is 12.8. The minimum absolute atomic E-state index is 0.446. The summed E-state index contributed by atoms with van der Waals surface area (Å²) in [5, 5.41) is 7.77. The van der Waals surface area contributed by atoms with E-state index in [9.17, 15) is 0 Å². The molecule has 0 radical (unpaired) electrons. The molecular weight excluding hydrogens is 224 g/mol. The topological polar surface area (TPSA) is 42.7 Å². The Kier molecular flexibility index (Phi) is 4.47. The molecule has 4 nitrogen and oxygen atoms in total. The molecular formula is C14H20N4. The summed E-state index contributed by atoms with van der Waals surface area (Å²) < 4.78 is 1.85. The van der Waals surface area contributed by atoms with Gasteiger partial charge in [0.15, 0.2) is 0 Å². The van der Waals surface area contributed by atoms with Crippen LogP contribution in [0.5, 0.6) is 0 Å². The standard InChI is InChI=1S/C14H20N4/c1-15-13(11-14-8-10-18(2)17-14)7-6-12-5-3-4-9-16-12/h3-5,8-10,13,15H,6-7,11H2,1-2H3. The first-order chi connectivity index (χ1) is 8.78. The monoisotopic (exact) mass is 244 g/mol. The van der Waals surface area contributed by atoms with Crippen LogP contribution in [0.1, 0.15) is 17.8 Å². The average molecular weight is 244 g/mol. The Hall–Kier alpha value is -1.68. The second-order valence-electron chi connectivity index (χ2n) is 4.53. The van der Waals surface area contributed by atoms with E-state index in [4.69, 9.17) is 0 Å². The normalized spacial score (nSPS) is 12.6. The zero-order chi connectivity index (χ0) is 12.8. The van der Waals surface area contributed by atoms with Crippen LogP contribution in [0.3, 0.4) is 0 Å². The Bertz CT molecular complexity index is 464. The van der Waals surface area contributed by atoms with Crippen LogP contribution in [0.2, 0.25) is 0 Å². The maximum Gasteiger partial charge on any atom is 0.0639 e. The number of pyridine rings is 1. The molecule has 0 bridgehead atoms. The summed E-state index contributed by atoms with van der Waals surface area (Å²) >= 11 is 0. The van der Waals surface area contributed by atoms with Gasteiger partial charge in [-0.05, 0) is 38.1 Å². The van der Waals surface area contributed by atoms with Gasteiger partial charge in [-0.1, -0.05) is 6.07 Å². The van der Waals surface area contributed by atoms with Crippen LogP contribution in [-0.2, 0) is 19.9 Å². The van der Waals surface area contributed by atoms with E-state index in [1.807, 2.05) is 43.3 Å². The lowest BCUT2D eigenvalue weighted by atomic mass is 10.0. The summed E-state index contributed by atoms with van der Waals surface area (Å²) in [6.45, 7) is 0. The lowest BCUT2D eigenvalue weighted by Gasteiger charge is -2.14. The van der Waals surface area contributed by atoms with Gasteiger partial charge in [0.25, 0.3) is 0 Å². The van der Waals surface area contributed by atoms with Crippen molar-refractivity contribution in [3.8, 4) is 0 Å². The summed E-state index contributed by atoms with van der Waals surface area (Å²) in [7, 11) is 3.96. The van der Waals surface area contributed by atoms with E-state index in [1.54, 1.807) is 0 Å². The molecule has 2 aromatic rings. The summed E-state index contributed by atoms with van der Waals surface area (Å²) in [5.74, 6) is 0. The molecule has 18 heavy (non-hydrogen) atoms. The Morgan fingerprint density at radius 2 is 2.17 bits per heavy atom. The van der Waals surface area contributed by atoms with Gasteiger partial charge in [-0.25, -0.2) is 0 Å². The summed E-state index contributed by atoms with van der Waals surface area (Å²) in [4.78, 5) is 4.35. The number of aromatic nitrogens is 3. The number of likely N-dealkylation sites (N-methyl/N-ethyl adjacent to an activating group) is 1. The van der Waals surface area contributed by atoms with Crippen molar-refractivity contribution < 1.29 is 0 Å². The van der Waals surface area contributed by atoms with Crippen LogP contribution in [0.4, 0.5) is 0 Å². The predicted molar refractivity (Wildman–Crippen MR) is 72.3 cm³/mol. The Balaban J connectivity index is 1.86. The van der Waals surface area contributed by atoms with E-state index in [0.29, 0.717) is 6.04 Å². The molecule has 0 aliphatic rings. The van der Waals surface area contributed by atoms with Crippen molar-refractivity contribution in [2.24, 2.45) is 7.05 Å². The Morgan fingerprint density at radius 1 is 1.28 bits per heavy atom. The van der Waals surface area contributed by atoms with Crippen LogP contribution < -0.4 is 5.32 Å². The number of hydrogen-bond acceptors (Lipinski definition) is 3. The van der Waals surface area contributed by atoms with Crippen LogP contribution in [0, 0.1) is 0 Å². The van der Waals surface area contributed by atoms with Gasteiger partial charge in [-0.3, -0.25) is 9.67 Å². The second-order valence-corrected chi connectivity index (χ2v) is 4.53. The highest BCUT2D eigenvalue weighted by Gasteiger charge is 2.09. The van der Waals surface area contributed by atoms with Gasteiger partial charge in [0.1, 0.15) is 0 Å². The summed E-state index contributed by atoms with van der Waals surface area (Å²) in [6, 6.07) is 8.59. The van der Waals surface area contributed by atoms with Crippen LogP contribution in [0.15, 0.2) is 36.7 Å². The molecule has 1 N–H and O–H groups in total. The van der Waals surface area contributed by atoms with Crippen LogP contribution in [-0.4, -0.2) is 27.9 Å².